The molecular formula is C13H21N5O. The molecule has 0 spiro atoms. The molecule has 6 heteroatoms. The molecule has 3 N–H and O–H groups in total. The van der Waals surface area contributed by atoms with Gasteiger partial charge in [-0.05, 0) is 34.6 Å². The average Bonchev–Trinajstić information content (AvgIpc) is 2.88. The van der Waals surface area contributed by atoms with Gasteiger partial charge in [-0.3, -0.25) is 0 Å². The van der Waals surface area contributed by atoms with Crippen LogP contribution >= 0.6 is 0 Å². The molecule has 0 aliphatic carbocycles. The predicted octanol–water partition coefficient (Wildman–Crippen LogP) is 2.82. The van der Waals surface area contributed by atoms with Crippen LogP contribution < -0.4 is 11.1 Å². The molecule has 104 valence electrons. The number of aryl methyl sites for hydroxylation is 2. The van der Waals surface area contributed by atoms with Gasteiger partial charge in [0.1, 0.15) is 17.6 Å². The number of rotatable bonds is 4. The van der Waals surface area contributed by atoms with Crippen molar-refractivity contribution in [1.29, 1.82) is 0 Å². The summed E-state index contributed by atoms with van der Waals surface area (Å²) in [7, 11) is 0. The molecule has 0 amide bonds. The molecule has 1 atom stereocenters. The van der Waals surface area contributed by atoms with Crippen molar-refractivity contribution in [2.24, 2.45) is 0 Å². The fraction of sp³-hybridized carbons (Fsp3) is 0.538. The molecule has 6 nitrogen and oxygen atoms in total. The Kier molecular flexibility index (Phi) is 3.50. The smallest absolute Gasteiger partial charge is 0.216 e. The van der Waals surface area contributed by atoms with Gasteiger partial charge in [0.15, 0.2) is 0 Å². The zero-order valence-corrected chi connectivity index (χ0v) is 12.1. The highest BCUT2D eigenvalue weighted by atomic mass is 16.4. The van der Waals surface area contributed by atoms with E-state index in [2.05, 4.69) is 29.2 Å². The number of nitrogens with two attached hydrogens (primary N) is 1. The fourth-order valence-electron chi connectivity index (χ4n) is 1.92. The Hall–Kier alpha value is -1.98. The molecule has 2 aromatic rings. The van der Waals surface area contributed by atoms with Crippen molar-refractivity contribution < 1.29 is 4.42 Å². The maximum Gasteiger partial charge on any atom is 0.216 e. The Balaban J connectivity index is 2.28. The summed E-state index contributed by atoms with van der Waals surface area (Å²) in [6, 6.07) is 0.168. The lowest BCUT2D eigenvalue weighted by molar-refractivity contribution is 0.450. The summed E-state index contributed by atoms with van der Waals surface area (Å²) in [6.07, 6.45) is 1.71. The van der Waals surface area contributed by atoms with E-state index in [4.69, 9.17) is 10.2 Å². The van der Waals surface area contributed by atoms with Crippen LogP contribution in [0.5, 0.6) is 0 Å². The number of nitrogens with zero attached hydrogens (tertiary/aromatic N) is 3. The number of hydrogen-bond acceptors (Lipinski definition) is 5. The maximum absolute atomic E-state index is 6.08. The Morgan fingerprint density at radius 3 is 2.53 bits per heavy atom. The molecule has 2 rings (SSSR count). The molecule has 0 aliphatic rings. The third-order valence-electron chi connectivity index (χ3n) is 2.98. The van der Waals surface area contributed by atoms with Crippen LogP contribution in [0.2, 0.25) is 0 Å². The van der Waals surface area contributed by atoms with Crippen molar-refractivity contribution in [3.05, 3.63) is 23.5 Å². The van der Waals surface area contributed by atoms with Crippen molar-refractivity contribution in [3.8, 4) is 0 Å². The molecule has 2 aromatic heterocycles. The van der Waals surface area contributed by atoms with Gasteiger partial charge in [0.25, 0.3) is 0 Å². The Bertz CT molecular complexity index is 570. The van der Waals surface area contributed by atoms with Crippen LogP contribution in [-0.4, -0.2) is 14.8 Å². The minimum absolute atomic E-state index is 0.0652. The standard InChI is InChI=1S/C13H21N5O/c1-7(2)18-12(11(14)9(4)17-18)16-10(5)13-15-6-8(3)19-13/h6-7,10,16H,14H2,1-5H3. The Labute approximate surface area is 113 Å². The zero-order chi connectivity index (χ0) is 14.2. The number of anilines is 2. The first-order valence-electron chi connectivity index (χ1n) is 6.43. The van der Waals surface area contributed by atoms with Crippen LogP contribution in [0, 0.1) is 13.8 Å². The lowest BCUT2D eigenvalue weighted by Crippen LogP contribution is -2.14. The average molecular weight is 263 g/mol. The number of hydrogen-bond donors (Lipinski definition) is 2. The summed E-state index contributed by atoms with van der Waals surface area (Å²) in [6.45, 7) is 9.89. The quantitative estimate of drug-likeness (QED) is 0.886. The highest BCUT2D eigenvalue weighted by Crippen LogP contribution is 2.29. The summed E-state index contributed by atoms with van der Waals surface area (Å²) in [5.41, 5.74) is 7.57. The largest absolute Gasteiger partial charge is 0.444 e. The molecule has 0 radical (unpaired) electrons. The van der Waals surface area contributed by atoms with Crippen molar-refractivity contribution >= 4 is 11.5 Å². The minimum Gasteiger partial charge on any atom is -0.444 e. The van der Waals surface area contributed by atoms with E-state index in [-0.39, 0.29) is 12.1 Å². The van der Waals surface area contributed by atoms with Crippen LogP contribution in [0.3, 0.4) is 0 Å². The van der Waals surface area contributed by atoms with E-state index < -0.39 is 0 Å². The van der Waals surface area contributed by atoms with Crippen LogP contribution in [0.15, 0.2) is 10.6 Å². The number of nitrogens with one attached hydrogen (secondary N) is 1. The third kappa shape index (κ3) is 2.57. The topological polar surface area (TPSA) is 81.9 Å². The highest BCUT2D eigenvalue weighted by molar-refractivity contribution is 5.65. The summed E-state index contributed by atoms with van der Waals surface area (Å²) >= 11 is 0. The molecule has 2 heterocycles. The molecule has 0 aromatic carbocycles. The minimum atomic E-state index is -0.0652. The van der Waals surface area contributed by atoms with Crippen molar-refractivity contribution in [2.75, 3.05) is 11.1 Å². The molecular weight excluding hydrogens is 242 g/mol. The van der Waals surface area contributed by atoms with Gasteiger partial charge in [-0.1, -0.05) is 0 Å². The molecule has 0 saturated carbocycles. The van der Waals surface area contributed by atoms with Gasteiger partial charge in [0.05, 0.1) is 17.6 Å². The summed E-state index contributed by atoms with van der Waals surface area (Å²) in [5.74, 6) is 2.26. The SMILES string of the molecule is Cc1cnc(C(C)Nc2c(N)c(C)nn2C(C)C)o1. The van der Waals surface area contributed by atoms with Gasteiger partial charge in [-0.2, -0.15) is 5.10 Å². The Morgan fingerprint density at radius 1 is 1.32 bits per heavy atom. The molecule has 0 aliphatic heterocycles. The number of aromatic nitrogens is 3. The Morgan fingerprint density at radius 2 is 2.00 bits per heavy atom. The molecule has 0 saturated heterocycles. The van der Waals surface area contributed by atoms with Gasteiger partial charge in [0, 0.05) is 6.04 Å². The van der Waals surface area contributed by atoms with Crippen LogP contribution in [-0.2, 0) is 0 Å². The van der Waals surface area contributed by atoms with Crippen LogP contribution in [0.25, 0.3) is 0 Å². The number of oxazole rings is 1. The van der Waals surface area contributed by atoms with Gasteiger partial charge < -0.3 is 15.5 Å². The number of nitrogen functional groups attached to an aromatic ring is 1. The lowest BCUT2D eigenvalue weighted by Gasteiger charge is -2.16. The van der Waals surface area contributed by atoms with Gasteiger partial charge >= 0.3 is 0 Å². The third-order valence-corrected chi connectivity index (χ3v) is 2.98. The van der Waals surface area contributed by atoms with E-state index in [1.54, 1.807) is 6.20 Å². The maximum atomic E-state index is 6.08. The van der Waals surface area contributed by atoms with Gasteiger partial charge in [-0.25, -0.2) is 9.67 Å². The first-order valence-corrected chi connectivity index (χ1v) is 6.43. The second-order valence-electron chi connectivity index (χ2n) is 5.06. The summed E-state index contributed by atoms with van der Waals surface area (Å²) in [4.78, 5) is 4.22. The molecule has 0 fully saturated rings. The highest BCUT2D eigenvalue weighted by Gasteiger charge is 2.19. The molecule has 0 bridgehead atoms. The van der Waals surface area contributed by atoms with E-state index in [0.717, 1.165) is 17.3 Å². The van der Waals surface area contributed by atoms with E-state index >= 15 is 0 Å². The van der Waals surface area contributed by atoms with E-state index in [9.17, 15) is 0 Å². The zero-order valence-electron chi connectivity index (χ0n) is 12.1. The molecule has 19 heavy (non-hydrogen) atoms. The van der Waals surface area contributed by atoms with E-state index in [1.807, 2.05) is 25.5 Å². The lowest BCUT2D eigenvalue weighted by atomic mass is 10.3. The van der Waals surface area contributed by atoms with Gasteiger partial charge in [0.2, 0.25) is 5.89 Å². The van der Waals surface area contributed by atoms with Crippen molar-refractivity contribution in [3.63, 3.8) is 0 Å². The first kappa shape index (κ1) is 13.5. The van der Waals surface area contributed by atoms with Crippen LogP contribution in [0.1, 0.15) is 50.2 Å². The fourth-order valence-corrected chi connectivity index (χ4v) is 1.92. The van der Waals surface area contributed by atoms with Gasteiger partial charge in [-0.15, -0.1) is 0 Å². The normalized spacial score (nSPS) is 12.9. The predicted molar refractivity (Wildman–Crippen MR) is 75.0 cm³/mol. The molecule has 1 unspecified atom stereocenters. The second kappa shape index (κ2) is 4.95. The second-order valence-corrected chi connectivity index (χ2v) is 5.06. The van der Waals surface area contributed by atoms with Crippen molar-refractivity contribution in [2.45, 2.75) is 46.7 Å². The van der Waals surface area contributed by atoms with Crippen LogP contribution in [0.4, 0.5) is 11.5 Å². The first-order chi connectivity index (χ1) is 8.90. The van der Waals surface area contributed by atoms with E-state index in [1.165, 1.54) is 0 Å². The summed E-state index contributed by atoms with van der Waals surface area (Å²) < 4.78 is 7.41. The van der Waals surface area contributed by atoms with E-state index in [0.29, 0.717) is 11.6 Å². The monoisotopic (exact) mass is 263 g/mol. The summed E-state index contributed by atoms with van der Waals surface area (Å²) in [5, 5.41) is 7.77. The van der Waals surface area contributed by atoms with Crippen molar-refractivity contribution in [1.82, 2.24) is 14.8 Å².